The molecule has 0 saturated carbocycles. The highest BCUT2D eigenvalue weighted by molar-refractivity contribution is 7.80. The van der Waals surface area contributed by atoms with E-state index in [0.29, 0.717) is 22.2 Å². The molecule has 4 aromatic rings. The van der Waals surface area contributed by atoms with Crippen molar-refractivity contribution in [1.29, 1.82) is 0 Å². The predicted molar refractivity (Wildman–Crippen MR) is 137 cm³/mol. The molecule has 7 heteroatoms. The Morgan fingerprint density at radius 3 is 1.58 bits per heavy atom. The molecule has 33 heavy (non-hydrogen) atoms. The lowest BCUT2D eigenvalue weighted by atomic mass is 10.2. The number of benzene rings is 4. The first-order valence-corrected chi connectivity index (χ1v) is 12.4. The molecule has 2 N–H and O–H groups in total. The fourth-order valence-corrected chi connectivity index (χ4v) is 5.40. The number of anilines is 1. The monoisotopic (exact) mass is 474 g/mol. The molecule has 0 saturated heterocycles. The molecule has 166 valence electrons. The Bertz CT molecular complexity index is 1160. The zero-order chi connectivity index (χ0) is 22.9. The van der Waals surface area contributed by atoms with Crippen LogP contribution in [-0.4, -0.2) is 5.11 Å². The number of rotatable bonds is 8. The average Bonchev–Trinajstić information content (AvgIpc) is 2.85. The summed E-state index contributed by atoms with van der Waals surface area (Å²) in [4.78, 5) is 0. The van der Waals surface area contributed by atoms with Crippen molar-refractivity contribution in [3.8, 4) is 11.5 Å². The Morgan fingerprint density at radius 1 is 0.667 bits per heavy atom. The first-order valence-electron chi connectivity index (χ1n) is 10.4. The Morgan fingerprint density at radius 2 is 1.09 bits per heavy atom. The van der Waals surface area contributed by atoms with Crippen LogP contribution in [0.15, 0.2) is 121 Å². The van der Waals surface area contributed by atoms with Crippen molar-refractivity contribution in [2.24, 2.45) is 0 Å². The highest BCUT2D eigenvalue weighted by Crippen LogP contribution is 2.58. The number of nitrogens with one attached hydrogen (secondary N) is 2. The molecule has 0 heterocycles. The van der Waals surface area contributed by atoms with E-state index in [1.165, 1.54) is 0 Å². The minimum absolute atomic E-state index is 0.295. The van der Waals surface area contributed by atoms with Gasteiger partial charge in [0.2, 0.25) is 0 Å². The molecule has 0 radical (unpaired) electrons. The van der Waals surface area contributed by atoms with Gasteiger partial charge in [0.05, 0.1) is 0 Å². The van der Waals surface area contributed by atoms with Gasteiger partial charge in [0.15, 0.2) is 10.9 Å². The summed E-state index contributed by atoms with van der Waals surface area (Å²) >= 11 is 5.56. The summed E-state index contributed by atoms with van der Waals surface area (Å²) in [5.74, 6) is -0.00862. The van der Waals surface area contributed by atoms with Gasteiger partial charge in [0, 0.05) is 5.69 Å². The molecule has 0 aliphatic carbocycles. The topological polar surface area (TPSA) is 59.6 Å². The molecule has 0 aliphatic rings. The lowest BCUT2D eigenvalue weighted by Crippen LogP contribution is -2.34. The fraction of sp³-hybridized carbons (Fsp3) is 0.0385. The van der Waals surface area contributed by atoms with Gasteiger partial charge in [-0.05, 0) is 54.2 Å². The van der Waals surface area contributed by atoms with Gasteiger partial charge >= 0.3 is 7.60 Å². The molecule has 5 nitrogen and oxygen atoms in total. The lowest BCUT2D eigenvalue weighted by molar-refractivity contribution is 0.369. The van der Waals surface area contributed by atoms with E-state index in [-0.39, 0.29) is 0 Å². The minimum atomic E-state index is -3.89. The third-order valence-electron chi connectivity index (χ3n) is 4.68. The van der Waals surface area contributed by atoms with Crippen LogP contribution in [0.3, 0.4) is 0 Å². The second-order valence-corrected chi connectivity index (χ2v) is 9.50. The normalized spacial score (nSPS) is 11.8. The van der Waals surface area contributed by atoms with Crippen LogP contribution in [0.5, 0.6) is 11.5 Å². The third-order valence-corrected chi connectivity index (χ3v) is 6.89. The molecule has 0 aromatic heterocycles. The van der Waals surface area contributed by atoms with Crippen LogP contribution in [0.4, 0.5) is 5.69 Å². The zero-order valence-corrected chi connectivity index (χ0v) is 19.4. The third kappa shape index (κ3) is 6.22. The predicted octanol–water partition coefficient (Wildman–Crippen LogP) is 7.02. The first kappa shape index (κ1) is 22.6. The van der Waals surface area contributed by atoms with Crippen molar-refractivity contribution in [2.45, 2.75) is 5.78 Å². The fourth-order valence-electron chi connectivity index (χ4n) is 3.17. The summed E-state index contributed by atoms with van der Waals surface area (Å²) in [7, 11) is -3.89. The second-order valence-electron chi connectivity index (χ2n) is 7.13. The number of hydrogen-bond acceptors (Lipinski definition) is 4. The molecule has 0 bridgehead atoms. The molecule has 4 aromatic carbocycles. The minimum Gasteiger partial charge on any atom is -0.414 e. The van der Waals surface area contributed by atoms with Gasteiger partial charge in [0.1, 0.15) is 11.5 Å². The van der Waals surface area contributed by atoms with Crippen molar-refractivity contribution in [1.82, 2.24) is 5.32 Å². The number of thiocarbonyl (C=S) groups is 1. The maximum atomic E-state index is 14.4. The van der Waals surface area contributed by atoms with Gasteiger partial charge in [0.25, 0.3) is 0 Å². The van der Waals surface area contributed by atoms with Crippen LogP contribution < -0.4 is 19.7 Å². The molecule has 1 atom stereocenters. The number of hydrogen-bond donors (Lipinski definition) is 2. The second kappa shape index (κ2) is 10.8. The smallest absolute Gasteiger partial charge is 0.414 e. The van der Waals surface area contributed by atoms with Crippen molar-refractivity contribution in [3.63, 3.8) is 0 Å². The molecule has 4 rings (SSSR count). The van der Waals surface area contributed by atoms with Crippen LogP contribution >= 0.6 is 19.8 Å². The van der Waals surface area contributed by atoms with Crippen molar-refractivity contribution in [2.75, 3.05) is 5.32 Å². The van der Waals surface area contributed by atoms with Crippen LogP contribution in [0, 0.1) is 0 Å². The first-order chi connectivity index (χ1) is 16.1. The highest BCUT2D eigenvalue weighted by Gasteiger charge is 2.41. The molecule has 0 fully saturated rings. The van der Waals surface area contributed by atoms with Gasteiger partial charge in [-0.15, -0.1) is 0 Å². The summed E-state index contributed by atoms with van der Waals surface area (Å²) in [5, 5.41) is 6.60. The van der Waals surface area contributed by atoms with Gasteiger partial charge in [-0.2, -0.15) is 0 Å². The molecular formula is C26H23N2O3PS. The van der Waals surface area contributed by atoms with E-state index in [0.717, 1.165) is 5.69 Å². The van der Waals surface area contributed by atoms with E-state index in [9.17, 15) is 4.57 Å². The SMILES string of the molecule is O=P(Oc1ccccc1)(Oc1ccccc1)C(NC(=S)Nc1ccccc1)c1ccccc1. The summed E-state index contributed by atoms with van der Waals surface area (Å²) in [5.41, 5.74) is 1.52. The van der Waals surface area contributed by atoms with Crippen molar-refractivity contribution in [3.05, 3.63) is 127 Å². The van der Waals surface area contributed by atoms with Gasteiger partial charge in [-0.25, -0.2) is 4.57 Å². The molecule has 1 unspecified atom stereocenters. The van der Waals surface area contributed by atoms with Gasteiger partial charge < -0.3 is 19.7 Å². The largest absolute Gasteiger partial charge is 0.457 e. The standard InChI is InChI=1S/C26H23N2O3PS/c29-32(30-23-17-9-3-10-18-23,31-24-19-11-4-12-20-24)25(21-13-5-1-6-14-21)28-26(33)27-22-15-7-2-8-16-22/h1-20,25H,(H2,27,28,33). The summed E-state index contributed by atoms with van der Waals surface area (Å²) in [6.45, 7) is 0. The number of para-hydroxylation sites is 3. The summed E-state index contributed by atoms with van der Waals surface area (Å²) < 4.78 is 26.6. The molecule has 0 amide bonds. The Hall–Kier alpha value is -3.60. The Labute approximate surface area is 198 Å². The van der Waals surface area contributed by atoms with Crippen LogP contribution in [0.2, 0.25) is 0 Å². The van der Waals surface area contributed by atoms with E-state index in [2.05, 4.69) is 10.6 Å². The van der Waals surface area contributed by atoms with Crippen LogP contribution in [0.25, 0.3) is 0 Å². The Kier molecular flexibility index (Phi) is 7.40. The lowest BCUT2D eigenvalue weighted by Gasteiger charge is -2.29. The van der Waals surface area contributed by atoms with E-state index in [1.54, 1.807) is 24.3 Å². The van der Waals surface area contributed by atoms with Crippen molar-refractivity contribution < 1.29 is 13.6 Å². The summed E-state index contributed by atoms with van der Waals surface area (Å²) in [6.07, 6.45) is 0. The van der Waals surface area contributed by atoms with E-state index < -0.39 is 13.4 Å². The maximum absolute atomic E-state index is 14.4. The molecule has 0 spiro atoms. The van der Waals surface area contributed by atoms with Crippen LogP contribution in [0.1, 0.15) is 11.3 Å². The molecule has 0 aliphatic heterocycles. The zero-order valence-electron chi connectivity index (χ0n) is 17.7. The maximum Gasteiger partial charge on any atom is 0.457 e. The quantitative estimate of drug-likeness (QED) is 0.211. The summed E-state index contributed by atoms with van der Waals surface area (Å²) in [6, 6.07) is 36.8. The van der Waals surface area contributed by atoms with E-state index >= 15 is 0 Å². The van der Waals surface area contributed by atoms with Crippen LogP contribution in [-0.2, 0) is 4.57 Å². The van der Waals surface area contributed by atoms with Crippen molar-refractivity contribution >= 4 is 30.6 Å². The van der Waals surface area contributed by atoms with Gasteiger partial charge in [-0.3, -0.25) is 0 Å². The Balaban J connectivity index is 1.70. The molecular weight excluding hydrogens is 451 g/mol. The average molecular weight is 475 g/mol. The van der Waals surface area contributed by atoms with E-state index in [4.69, 9.17) is 21.3 Å². The van der Waals surface area contributed by atoms with Gasteiger partial charge in [-0.1, -0.05) is 84.9 Å². The van der Waals surface area contributed by atoms with E-state index in [1.807, 2.05) is 97.1 Å². The highest BCUT2D eigenvalue weighted by atomic mass is 32.1.